The normalized spacial score (nSPS) is 14.5. The molecule has 0 saturated carbocycles. The predicted octanol–water partition coefficient (Wildman–Crippen LogP) is 1.78. The molecule has 1 aliphatic heterocycles. The van der Waals surface area contributed by atoms with E-state index in [1.54, 1.807) is 6.07 Å². The first-order valence-electron chi connectivity index (χ1n) is 8.35. The maximum atomic E-state index is 12.7. The topological polar surface area (TPSA) is 92.6 Å². The number of nitrogens with one attached hydrogen (secondary N) is 1. The number of hydrogen-bond acceptors (Lipinski definition) is 5. The molecule has 0 radical (unpaired) electrons. The van der Waals surface area contributed by atoms with E-state index in [4.69, 9.17) is 0 Å². The van der Waals surface area contributed by atoms with Crippen molar-refractivity contribution in [2.45, 2.75) is 5.92 Å². The van der Waals surface area contributed by atoms with Crippen molar-refractivity contribution >= 4 is 16.9 Å². The highest BCUT2D eigenvalue weighted by Crippen LogP contribution is 2.28. The van der Waals surface area contributed by atoms with Gasteiger partial charge in [-0.05, 0) is 40.8 Å². The SMILES string of the molecule is O=C(c1cccc(-n2cnnn2)c1)N1CC(c2nc3ccccc3[nH]2)C1. The van der Waals surface area contributed by atoms with Gasteiger partial charge in [0.25, 0.3) is 5.91 Å². The van der Waals surface area contributed by atoms with E-state index >= 15 is 0 Å². The van der Waals surface area contributed by atoms with Crippen LogP contribution in [0, 0.1) is 0 Å². The van der Waals surface area contributed by atoms with Crippen LogP contribution in [0.3, 0.4) is 0 Å². The number of rotatable bonds is 3. The molecule has 2 aromatic carbocycles. The number of fused-ring (bicyclic) bond motifs is 1. The zero-order valence-corrected chi connectivity index (χ0v) is 13.8. The molecule has 1 amide bonds. The third-order valence-corrected chi connectivity index (χ3v) is 4.67. The number of carbonyl (C=O) groups is 1. The second kappa shape index (κ2) is 5.76. The van der Waals surface area contributed by atoms with E-state index in [-0.39, 0.29) is 11.8 Å². The molecule has 0 atom stereocenters. The van der Waals surface area contributed by atoms with Gasteiger partial charge in [-0.2, -0.15) is 0 Å². The Morgan fingerprint density at radius 1 is 1.12 bits per heavy atom. The summed E-state index contributed by atoms with van der Waals surface area (Å²) in [4.78, 5) is 22.5. The molecular weight excluding hydrogens is 330 g/mol. The summed E-state index contributed by atoms with van der Waals surface area (Å²) in [5, 5.41) is 11.1. The van der Waals surface area contributed by atoms with Crippen LogP contribution < -0.4 is 0 Å². The predicted molar refractivity (Wildman–Crippen MR) is 93.9 cm³/mol. The lowest BCUT2D eigenvalue weighted by Gasteiger charge is -2.38. The average molecular weight is 345 g/mol. The zero-order chi connectivity index (χ0) is 17.5. The van der Waals surface area contributed by atoms with Crippen LogP contribution in [0.1, 0.15) is 22.1 Å². The van der Waals surface area contributed by atoms with E-state index in [0.717, 1.165) is 22.5 Å². The third-order valence-electron chi connectivity index (χ3n) is 4.67. The molecular formula is C18H15N7O. The maximum absolute atomic E-state index is 12.7. The molecule has 1 N–H and O–H groups in total. The summed E-state index contributed by atoms with van der Waals surface area (Å²) in [6.45, 7) is 1.32. The van der Waals surface area contributed by atoms with E-state index in [0.29, 0.717) is 18.7 Å². The average Bonchev–Trinajstić information content (AvgIpc) is 3.30. The fraction of sp³-hybridized carbons (Fsp3) is 0.167. The Bertz CT molecular complexity index is 1050. The summed E-state index contributed by atoms with van der Waals surface area (Å²) in [5.41, 5.74) is 3.37. The van der Waals surface area contributed by atoms with Gasteiger partial charge in [0.1, 0.15) is 12.2 Å². The van der Waals surface area contributed by atoms with E-state index in [9.17, 15) is 4.79 Å². The number of aromatic nitrogens is 6. The number of likely N-dealkylation sites (tertiary alicyclic amines) is 1. The number of amides is 1. The van der Waals surface area contributed by atoms with E-state index in [2.05, 4.69) is 25.5 Å². The van der Waals surface area contributed by atoms with Gasteiger partial charge in [-0.15, -0.1) is 5.10 Å². The molecule has 1 saturated heterocycles. The van der Waals surface area contributed by atoms with Crippen molar-refractivity contribution < 1.29 is 4.79 Å². The quantitative estimate of drug-likeness (QED) is 0.611. The number of carbonyl (C=O) groups excluding carboxylic acids is 1. The monoisotopic (exact) mass is 345 g/mol. The largest absolute Gasteiger partial charge is 0.342 e. The number of para-hydroxylation sites is 2. The number of nitrogens with zero attached hydrogens (tertiary/aromatic N) is 6. The number of benzene rings is 2. The van der Waals surface area contributed by atoms with Gasteiger partial charge in [0, 0.05) is 18.7 Å². The summed E-state index contributed by atoms with van der Waals surface area (Å²) >= 11 is 0. The highest BCUT2D eigenvalue weighted by atomic mass is 16.2. The maximum Gasteiger partial charge on any atom is 0.253 e. The Morgan fingerprint density at radius 2 is 2.00 bits per heavy atom. The Balaban J connectivity index is 1.31. The van der Waals surface area contributed by atoms with Crippen LogP contribution in [0.5, 0.6) is 0 Å². The Labute approximate surface area is 148 Å². The number of hydrogen-bond donors (Lipinski definition) is 1. The smallest absolute Gasteiger partial charge is 0.253 e. The Kier molecular flexibility index (Phi) is 3.27. The van der Waals surface area contributed by atoms with Crippen molar-refractivity contribution in [1.82, 2.24) is 35.1 Å². The van der Waals surface area contributed by atoms with Crippen molar-refractivity contribution in [3.63, 3.8) is 0 Å². The van der Waals surface area contributed by atoms with Crippen LogP contribution in [0.25, 0.3) is 16.7 Å². The zero-order valence-electron chi connectivity index (χ0n) is 13.8. The highest BCUT2D eigenvalue weighted by molar-refractivity contribution is 5.95. The van der Waals surface area contributed by atoms with Crippen molar-refractivity contribution in [3.05, 3.63) is 66.2 Å². The fourth-order valence-corrected chi connectivity index (χ4v) is 3.23. The molecule has 2 aromatic heterocycles. The first kappa shape index (κ1) is 14.8. The number of aromatic amines is 1. The molecule has 8 nitrogen and oxygen atoms in total. The fourth-order valence-electron chi connectivity index (χ4n) is 3.23. The van der Waals surface area contributed by atoms with Crippen LogP contribution in [-0.4, -0.2) is 54.1 Å². The molecule has 1 aliphatic rings. The summed E-state index contributed by atoms with van der Waals surface area (Å²) in [6, 6.07) is 15.3. The van der Waals surface area contributed by atoms with Gasteiger partial charge in [0.05, 0.1) is 22.6 Å². The lowest BCUT2D eigenvalue weighted by Crippen LogP contribution is -2.48. The Morgan fingerprint density at radius 3 is 2.81 bits per heavy atom. The summed E-state index contributed by atoms with van der Waals surface area (Å²) in [6.07, 6.45) is 1.50. The van der Waals surface area contributed by atoms with E-state index < -0.39 is 0 Å². The molecule has 3 heterocycles. The minimum absolute atomic E-state index is 0.00675. The molecule has 4 aromatic rings. The lowest BCUT2D eigenvalue weighted by molar-refractivity contribution is 0.0595. The number of H-pyrrole nitrogens is 1. The summed E-state index contributed by atoms with van der Waals surface area (Å²) in [5.74, 6) is 1.19. The first-order chi connectivity index (χ1) is 12.8. The van der Waals surface area contributed by atoms with Crippen molar-refractivity contribution in [3.8, 4) is 5.69 Å². The van der Waals surface area contributed by atoms with Gasteiger partial charge in [-0.3, -0.25) is 4.79 Å². The van der Waals surface area contributed by atoms with Crippen LogP contribution in [0.2, 0.25) is 0 Å². The molecule has 0 aliphatic carbocycles. The van der Waals surface area contributed by atoms with Gasteiger partial charge < -0.3 is 9.88 Å². The van der Waals surface area contributed by atoms with Crippen LogP contribution >= 0.6 is 0 Å². The van der Waals surface area contributed by atoms with Crippen molar-refractivity contribution in [1.29, 1.82) is 0 Å². The minimum atomic E-state index is 0.00675. The van der Waals surface area contributed by atoms with Gasteiger partial charge in [-0.25, -0.2) is 9.67 Å². The molecule has 128 valence electrons. The molecule has 0 unspecified atom stereocenters. The van der Waals surface area contributed by atoms with Gasteiger partial charge in [0.15, 0.2) is 0 Å². The van der Waals surface area contributed by atoms with Crippen molar-refractivity contribution in [2.24, 2.45) is 0 Å². The van der Waals surface area contributed by atoms with E-state index in [1.807, 2.05) is 47.4 Å². The molecule has 0 bridgehead atoms. The van der Waals surface area contributed by atoms with Crippen LogP contribution in [0.15, 0.2) is 54.9 Å². The first-order valence-corrected chi connectivity index (χ1v) is 8.35. The standard InChI is InChI=1S/C18H15N7O/c26-18(12-4-3-5-14(8-12)25-11-19-22-23-25)24-9-13(10-24)17-20-15-6-1-2-7-16(15)21-17/h1-8,11,13H,9-10H2,(H,20,21). The molecule has 8 heteroatoms. The summed E-state index contributed by atoms with van der Waals surface area (Å²) < 4.78 is 1.53. The van der Waals surface area contributed by atoms with Gasteiger partial charge in [0.2, 0.25) is 0 Å². The lowest BCUT2D eigenvalue weighted by atomic mass is 9.98. The second-order valence-corrected chi connectivity index (χ2v) is 6.35. The third kappa shape index (κ3) is 2.43. The summed E-state index contributed by atoms with van der Waals surface area (Å²) in [7, 11) is 0. The van der Waals surface area contributed by atoms with Crippen LogP contribution in [-0.2, 0) is 0 Å². The molecule has 26 heavy (non-hydrogen) atoms. The number of imidazole rings is 1. The Hall–Kier alpha value is -3.55. The van der Waals surface area contributed by atoms with Crippen LogP contribution in [0.4, 0.5) is 0 Å². The van der Waals surface area contributed by atoms with E-state index in [1.165, 1.54) is 11.0 Å². The minimum Gasteiger partial charge on any atom is -0.342 e. The highest BCUT2D eigenvalue weighted by Gasteiger charge is 2.34. The second-order valence-electron chi connectivity index (χ2n) is 6.35. The molecule has 0 spiro atoms. The number of tetrazole rings is 1. The van der Waals surface area contributed by atoms with Crippen molar-refractivity contribution in [2.75, 3.05) is 13.1 Å². The molecule has 5 rings (SSSR count). The van der Waals surface area contributed by atoms with Gasteiger partial charge >= 0.3 is 0 Å². The van der Waals surface area contributed by atoms with Gasteiger partial charge in [-0.1, -0.05) is 18.2 Å². The molecule has 1 fully saturated rings.